The number of nitrogens with one attached hydrogen (secondary N) is 1. The van der Waals surface area contributed by atoms with Crippen molar-refractivity contribution in [1.29, 1.82) is 0 Å². The van der Waals surface area contributed by atoms with Crippen LogP contribution in [0.15, 0.2) is 24.4 Å². The van der Waals surface area contributed by atoms with Gasteiger partial charge in [-0.25, -0.2) is 9.97 Å². The number of nitrogens with zero attached hydrogens (tertiary/aromatic N) is 3. The molecule has 2 aliphatic rings. The topological polar surface area (TPSA) is 70.5 Å². The first kappa shape index (κ1) is 17.6. The van der Waals surface area contributed by atoms with Gasteiger partial charge in [0, 0.05) is 17.6 Å². The molecule has 4 rings (SSSR count). The van der Waals surface area contributed by atoms with Crippen molar-refractivity contribution < 1.29 is 9.84 Å². The van der Waals surface area contributed by atoms with E-state index in [4.69, 9.17) is 9.72 Å². The summed E-state index contributed by atoms with van der Waals surface area (Å²) in [5, 5.41) is 15.6. The van der Waals surface area contributed by atoms with E-state index in [1.807, 2.05) is 31.3 Å². The van der Waals surface area contributed by atoms with Gasteiger partial charge in [-0.3, -0.25) is 0 Å². The van der Waals surface area contributed by atoms with Gasteiger partial charge in [0.25, 0.3) is 0 Å². The summed E-state index contributed by atoms with van der Waals surface area (Å²) in [5.41, 5.74) is 0.629. The van der Waals surface area contributed by atoms with Gasteiger partial charge in [0.2, 0.25) is 0 Å². The van der Waals surface area contributed by atoms with Crippen molar-refractivity contribution in [3.63, 3.8) is 0 Å². The van der Waals surface area contributed by atoms with E-state index in [0.29, 0.717) is 13.2 Å². The molecule has 2 aliphatic heterocycles. The van der Waals surface area contributed by atoms with E-state index in [0.717, 1.165) is 48.3 Å². The first-order valence-corrected chi connectivity index (χ1v) is 9.40. The van der Waals surface area contributed by atoms with Gasteiger partial charge in [-0.05, 0) is 64.9 Å². The quantitative estimate of drug-likeness (QED) is 0.876. The van der Waals surface area contributed by atoms with Gasteiger partial charge in [-0.15, -0.1) is 0 Å². The largest absolute Gasteiger partial charge is 0.384 e. The molecule has 6 nitrogen and oxygen atoms in total. The molecular weight excluding hydrogens is 328 g/mol. The Bertz CT molecular complexity index is 795. The maximum atomic E-state index is 11.2. The Labute approximate surface area is 154 Å². The molecule has 0 bridgehead atoms. The molecule has 0 unspecified atom stereocenters. The Hall–Kier alpha value is -1.76. The molecule has 0 aromatic carbocycles. The lowest BCUT2D eigenvalue weighted by atomic mass is 9.79. The van der Waals surface area contributed by atoms with E-state index in [9.17, 15) is 5.11 Å². The summed E-state index contributed by atoms with van der Waals surface area (Å²) < 4.78 is 5.29. The third-order valence-electron chi connectivity index (χ3n) is 5.88. The molecule has 2 aromatic rings. The third-order valence-corrected chi connectivity index (χ3v) is 5.88. The van der Waals surface area contributed by atoms with Gasteiger partial charge in [0.05, 0.1) is 30.0 Å². The number of ether oxygens (including phenoxy) is 1. The summed E-state index contributed by atoms with van der Waals surface area (Å²) in [5.74, 6) is 1.03. The van der Waals surface area contributed by atoms with Crippen molar-refractivity contribution >= 4 is 16.7 Å². The van der Waals surface area contributed by atoms with Gasteiger partial charge in [-0.2, -0.15) is 0 Å². The van der Waals surface area contributed by atoms with Crippen molar-refractivity contribution in [2.45, 2.75) is 37.8 Å². The van der Waals surface area contributed by atoms with Crippen molar-refractivity contribution in [3.05, 3.63) is 30.1 Å². The zero-order valence-electron chi connectivity index (χ0n) is 15.8. The molecule has 2 aromatic heterocycles. The number of fused-ring (bicyclic) bond motifs is 1. The van der Waals surface area contributed by atoms with Crippen LogP contribution in [0.25, 0.3) is 10.9 Å². The molecule has 140 valence electrons. The molecule has 0 aliphatic carbocycles. The highest BCUT2D eigenvalue weighted by atomic mass is 16.5. The second-order valence-corrected chi connectivity index (χ2v) is 8.36. The molecule has 1 atom stereocenters. The Morgan fingerprint density at radius 3 is 2.69 bits per heavy atom. The Kier molecular flexibility index (Phi) is 4.37. The molecule has 0 amide bonds. The highest BCUT2D eigenvalue weighted by Crippen LogP contribution is 2.36. The number of hydrogen-bond donors (Lipinski definition) is 2. The molecule has 2 N–H and O–H groups in total. The molecular formula is C20H28N4O2. The van der Waals surface area contributed by atoms with Gasteiger partial charge in [0.15, 0.2) is 0 Å². The van der Waals surface area contributed by atoms with Crippen LogP contribution < -0.4 is 5.32 Å². The van der Waals surface area contributed by atoms with E-state index < -0.39 is 5.60 Å². The minimum absolute atomic E-state index is 0.0576. The number of pyridine rings is 2. The summed E-state index contributed by atoms with van der Waals surface area (Å²) in [6, 6.07) is 5.91. The minimum atomic E-state index is -0.917. The van der Waals surface area contributed by atoms with Gasteiger partial charge < -0.3 is 20.1 Å². The maximum Gasteiger partial charge on any atom is 0.128 e. The summed E-state index contributed by atoms with van der Waals surface area (Å²) in [6.07, 6.45) is 3.82. The lowest BCUT2D eigenvalue weighted by Gasteiger charge is -2.39. The summed E-state index contributed by atoms with van der Waals surface area (Å²) in [7, 11) is 2.13. The predicted octanol–water partition coefficient (Wildman–Crippen LogP) is 2.38. The fourth-order valence-electron chi connectivity index (χ4n) is 3.94. The molecule has 26 heavy (non-hydrogen) atoms. The van der Waals surface area contributed by atoms with E-state index in [-0.39, 0.29) is 11.5 Å². The maximum absolute atomic E-state index is 11.2. The van der Waals surface area contributed by atoms with Crippen LogP contribution in [-0.2, 0) is 10.3 Å². The Balaban J connectivity index is 1.61. The van der Waals surface area contributed by atoms with Crippen molar-refractivity contribution in [2.75, 3.05) is 38.7 Å². The SMILES string of the molecule is CN1CCC([C@@](C)(O)c2ccc3cnc(NC4(C)COC4)cc3n2)CC1. The fourth-order valence-corrected chi connectivity index (χ4v) is 3.94. The number of rotatable bonds is 4. The van der Waals surface area contributed by atoms with E-state index >= 15 is 0 Å². The highest BCUT2D eigenvalue weighted by molar-refractivity contribution is 5.80. The zero-order chi connectivity index (χ0) is 18.4. The molecule has 2 saturated heterocycles. The van der Waals surface area contributed by atoms with Crippen LogP contribution in [0.2, 0.25) is 0 Å². The second kappa shape index (κ2) is 6.44. The van der Waals surface area contributed by atoms with E-state index in [1.165, 1.54) is 0 Å². The van der Waals surface area contributed by atoms with Crippen LogP contribution >= 0.6 is 0 Å². The van der Waals surface area contributed by atoms with Crippen LogP contribution in [0.4, 0.5) is 5.82 Å². The van der Waals surface area contributed by atoms with Crippen molar-refractivity contribution in [1.82, 2.24) is 14.9 Å². The number of piperidine rings is 1. The monoisotopic (exact) mass is 356 g/mol. The molecule has 0 saturated carbocycles. The number of hydrogen-bond acceptors (Lipinski definition) is 6. The Morgan fingerprint density at radius 2 is 2.04 bits per heavy atom. The Morgan fingerprint density at radius 1 is 1.31 bits per heavy atom. The zero-order valence-corrected chi connectivity index (χ0v) is 15.8. The van der Waals surface area contributed by atoms with Crippen LogP contribution in [0, 0.1) is 5.92 Å². The number of anilines is 1. The molecule has 0 radical (unpaired) electrons. The molecule has 4 heterocycles. The average Bonchev–Trinajstić information content (AvgIpc) is 2.60. The first-order chi connectivity index (χ1) is 12.4. The molecule has 0 spiro atoms. The number of likely N-dealkylation sites (tertiary alicyclic amines) is 1. The van der Waals surface area contributed by atoms with Crippen LogP contribution in [0.3, 0.4) is 0 Å². The van der Waals surface area contributed by atoms with Gasteiger partial charge in [0.1, 0.15) is 11.4 Å². The lowest BCUT2D eigenvalue weighted by Crippen LogP contribution is -2.53. The lowest BCUT2D eigenvalue weighted by molar-refractivity contribution is -0.0334. The van der Waals surface area contributed by atoms with Crippen LogP contribution in [0.5, 0.6) is 0 Å². The summed E-state index contributed by atoms with van der Waals surface area (Å²) in [4.78, 5) is 11.6. The van der Waals surface area contributed by atoms with Crippen LogP contribution in [-0.4, -0.2) is 58.9 Å². The first-order valence-electron chi connectivity index (χ1n) is 9.40. The molecule has 2 fully saturated rings. The number of aromatic nitrogens is 2. The van der Waals surface area contributed by atoms with Gasteiger partial charge in [-0.1, -0.05) is 0 Å². The number of aliphatic hydroxyl groups is 1. The van der Waals surface area contributed by atoms with Crippen molar-refractivity contribution in [3.8, 4) is 0 Å². The summed E-state index contributed by atoms with van der Waals surface area (Å²) >= 11 is 0. The molecule has 6 heteroatoms. The van der Waals surface area contributed by atoms with E-state index in [2.05, 4.69) is 29.2 Å². The summed E-state index contributed by atoms with van der Waals surface area (Å²) in [6.45, 7) is 7.44. The minimum Gasteiger partial charge on any atom is -0.384 e. The second-order valence-electron chi connectivity index (χ2n) is 8.36. The van der Waals surface area contributed by atoms with Crippen molar-refractivity contribution in [2.24, 2.45) is 5.92 Å². The van der Waals surface area contributed by atoms with E-state index in [1.54, 1.807) is 0 Å². The average molecular weight is 356 g/mol. The third kappa shape index (κ3) is 3.29. The van der Waals surface area contributed by atoms with Gasteiger partial charge >= 0.3 is 0 Å². The predicted molar refractivity (Wildman–Crippen MR) is 102 cm³/mol. The smallest absolute Gasteiger partial charge is 0.128 e. The fraction of sp³-hybridized carbons (Fsp3) is 0.600. The van der Waals surface area contributed by atoms with Crippen LogP contribution in [0.1, 0.15) is 32.4 Å². The normalized spacial score (nSPS) is 23.4. The highest BCUT2D eigenvalue weighted by Gasteiger charge is 2.37. The standard InChI is InChI=1S/C20H28N4O2/c1-19(12-26-13-19)23-18-10-16-14(11-21-18)4-5-17(22-16)20(2,25)15-6-8-24(3)9-7-15/h4-5,10-11,15,25H,6-9,12-13H2,1-3H3,(H,21,23)/t20-/m1/s1.